The van der Waals surface area contributed by atoms with Gasteiger partial charge in [0.1, 0.15) is 5.75 Å². The van der Waals surface area contributed by atoms with Gasteiger partial charge in [-0.05, 0) is 45.4 Å². The van der Waals surface area contributed by atoms with Crippen LogP contribution in [-0.2, 0) is 11.0 Å². The smallest absolute Gasteiger partial charge is 0.120 e. The van der Waals surface area contributed by atoms with Gasteiger partial charge in [0.15, 0.2) is 0 Å². The highest BCUT2D eigenvalue weighted by Crippen LogP contribution is 2.28. The average Bonchev–Trinajstić information content (AvgIpc) is 2.27. The van der Waals surface area contributed by atoms with Gasteiger partial charge in [0, 0.05) is 10.5 Å². The van der Waals surface area contributed by atoms with E-state index in [-0.39, 0.29) is 10.8 Å². The number of benzene rings is 1. The van der Waals surface area contributed by atoms with Crippen LogP contribution >= 0.6 is 15.9 Å². The quantitative estimate of drug-likeness (QED) is 0.914. The van der Waals surface area contributed by atoms with Crippen LogP contribution < -0.4 is 9.46 Å². The number of methoxy groups -OCH3 is 1. The van der Waals surface area contributed by atoms with E-state index in [0.717, 1.165) is 15.8 Å². The number of rotatable bonds is 4. The second kappa shape index (κ2) is 6.17. The Kier molecular flexibility index (Phi) is 5.37. The SMILES string of the molecule is COc1ccc([C@@H](C)NS(=O)C(C)(C)C)c(Br)c1. The van der Waals surface area contributed by atoms with E-state index in [4.69, 9.17) is 4.74 Å². The van der Waals surface area contributed by atoms with Crippen LogP contribution in [0.25, 0.3) is 0 Å². The van der Waals surface area contributed by atoms with Crippen molar-refractivity contribution in [3.05, 3.63) is 28.2 Å². The van der Waals surface area contributed by atoms with Gasteiger partial charge in [-0.3, -0.25) is 0 Å². The first kappa shape index (κ1) is 15.7. The normalized spacial score (nSPS) is 15.2. The summed E-state index contributed by atoms with van der Waals surface area (Å²) in [5, 5.41) is 0. The molecule has 0 saturated heterocycles. The molecule has 0 spiro atoms. The molecule has 0 radical (unpaired) electrons. The molecule has 1 rings (SSSR count). The fourth-order valence-corrected chi connectivity index (χ4v) is 2.89. The fourth-order valence-electron chi connectivity index (χ4n) is 1.39. The van der Waals surface area contributed by atoms with Crippen molar-refractivity contribution in [1.82, 2.24) is 4.72 Å². The van der Waals surface area contributed by atoms with Gasteiger partial charge in [0.25, 0.3) is 0 Å². The third-order valence-corrected chi connectivity index (χ3v) is 4.88. The number of ether oxygens (including phenoxy) is 1. The Hall–Kier alpha value is -0.390. The number of halogens is 1. The summed E-state index contributed by atoms with van der Waals surface area (Å²) in [7, 11) is 0.551. The van der Waals surface area contributed by atoms with E-state index in [9.17, 15) is 4.21 Å². The first-order chi connectivity index (χ1) is 8.25. The largest absolute Gasteiger partial charge is 0.497 e. The molecule has 102 valence electrons. The van der Waals surface area contributed by atoms with Gasteiger partial charge in [-0.15, -0.1) is 0 Å². The van der Waals surface area contributed by atoms with Crippen molar-refractivity contribution in [3.63, 3.8) is 0 Å². The first-order valence-electron chi connectivity index (χ1n) is 5.77. The Labute approximate surface area is 120 Å². The van der Waals surface area contributed by atoms with Crippen molar-refractivity contribution in [2.75, 3.05) is 7.11 Å². The summed E-state index contributed by atoms with van der Waals surface area (Å²) in [5.74, 6) is 0.801. The highest BCUT2D eigenvalue weighted by atomic mass is 79.9. The van der Waals surface area contributed by atoms with E-state index in [1.807, 2.05) is 45.9 Å². The summed E-state index contributed by atoms with van der Waals surface area (Å²) in [6, 6.07) is 5.79. The molecule has 0 aliphatic heterocycles. The zero-order valence-electron chi connectivity index (χ0n) is 11.4. The highest BCUT2D eigenvalue weighted by Gasteiger charge is 2.22. The van der Waals surface area contributed by atoms with E-state index in [1.54, 1.807) is 7.11 Å². The first-order valence-corrected chi connectivity index (χ1v) is 7.71. The standard InChI is InChI=1S/C13H20BrNO2S/c1-9(15-18(16)13(2,3)4)11-7-6-10(17-5)8-12(11)14/h6-9,15H,1-5H3/t9-,18?/m1/s1. The number of hydrogen-bond donors (Lipinski definition) is 1. The summed E-state index contributed by atoms with van der Waals surface area (Å²) >= 11 is 3.51. The van der Waals surface area contributed by atoms with Gasteiger partial charge >= 0.3 is 0 Å². The lowest BCUT2D eigenvalue weighted by molar-refractivity contribution is 0.414. The van der Waals surface area contributed by atoms with Gasteiger partial charge < -0.3 is 4.74 Å². The van der Waals surface area contributed by atoms with Crippen molar-refractivity contribution in [1.29, 1.82) is 0 Å². The molecule has 5 heteroatoms. The zero-order chi connectivity index (χ0) is 13.9. The molecule has 0 bridgehead atoms. The molecule has 0 heterocycles. The second-order valence-corrected chi connectivity index (χ2v) is 7.96. The van der Waals surface area contributed by atoms with E-state index in [1.165, 1.54) is 0 Å². The molecule has 3 nitrogen and oxygen atoms in total. The maximum Gasteiger partial charge on any atom is 0.120 e. The molecule has 0 fully saturated rings. The molecule has 0 saturated carbocycles. The van der Waals surface area contributed by atoms with Crippen molar-refractivity contribution in [2.45, 2.75) is 38.5 Å². The predicted molar refractivity (Wildman–Crippen MR) is 80.1 cm³/mol. The van der Waals surface area contributed by atoms with Crippen LogP contribution in [-0.4, -0.2) is 16.1 Å². The molecule has 0 aliphatic rings. The summed E-state index contributed by atoms with van der Waals surface area (Å²) in [6.45, 7) is 7.85. The lowest BCUT2D eigenvalue weighted by Gasteiger charge is -2.23. The monoisotopic (exact) mass is 333 g/mol. The minimum Gasteiger partial charge on any atom is -0.497 e. The molecular weight excluding hydrogens is 314 g/mol. The van der Waals surface area contributed by atoms with Gasteiger partial charge in [-0.2, -0.15) is 0 Å². The molecule has 1 aromatic carbocycles. The third kappa shape index (κ3) is 4.07. The van der Waals surface area contributed by atoms with Gasteiger partial charge in [-0.25, -0.2) is 8.93 Å². The molecule has 1 N–H and O–H groups in total. The zero-order valence-corrected chi connectivity index (χ0v) is 13.8. The molecular formula is C13H20BrNO2S. The van der Waals surface area contributed by atoms with Gasteiger partial charge in [0.05, 0.1) is 22.8 Å². The molecule has 1 aromatic rings. The minimum absolute atomic E-state index is 0.00494. The van der Waals surface area contributed by atoms with Gasteiger partial charge in [-0.1, -0.05) is 22.0 Å². The molecule has 0 aliphatic carbocycles. The lowest BCUT2D eigenvalue weighted by Crippen LogP contribution is -2.34. The molecule has 2 atom stereocenters. The number of nitrogens with one attached hydrogen (secondary N) is 1. The number of hydrogen-bond acceptors (Lipinski definition) is 2. The lowest BCUT2D eigenvalue weighted by atomic mass is 10.1. The van der Waals surface area contributed by atoms with Gasteiger partial charge in [0.2, 0.25) is 0 Å². The Morgan fingerprint density at radius 1 is 1.39 bits per heavy atom. The Balaban J connectivity index is 2.85. The van der Waals surface area contributed by atoms with E-state index >= 15 is 0 Å². The van der Waals surface area contributed by atoms with Crippen molar-refractivity contribution >= 4 is 26.9 Å². The molecule has 0 amide bonds. The minimum atomic E-state index is -1.09. The average molecular weight is 334 g/mol. The van der Waals surface area contributed by atoms with Crippen LogP contribution in [0.3, 0.4) is 0 Å². The summed E-state index contributed by atoms with van der Waals surface area (Å²) in [6.07, 6.45) is 0. The fraction of sp³-hybridized carbons (Fsp3) is 0.538. The second-order valence-electron chi connectivity index (χ2n) is 5.11. The topological polar surface area (TPSA) is 38.3 Å². The molecule has 18 heavy (non-hydrogen) atoms. The maximum absolute atomic E-state index is 12.0. The van der Waals surface area contributed by atoms with Crippen molar-refractivity contribution in [2.24, 2.45) is 0 Å². The van der Waals surface area contributed by atoms with Crippen molar-refractivity contribution < 1.29 is 8.95 Å². The molecule has 0 aromatic heterocycles. The molecule has 1 unspecified atom stereocenters. The summed E-state index contributed by atoms with van der Waals surface area (Å²) in [4.78, 5) is 0. The van der Waals surface area contributed by atoms with Crippen LogP contribution in [0.4, 0.5) is 0 Å². The van der Waals surface area contributed by atoms with E-state index in [2.05, 4.69) is 20.7 Å². The van der Waals surface area contributed by atoms with Crippen LogP contribution in [0.15, 0.2) is 22.7 Å². The van der Waals surface area contributed by atoms with E-state index < -0.39 is 11.0 Å². The van der Waals surface area contributed by atoms with Crippen molar-refractivity contribution in [3.8, 4) is 5.75 Å². The highest BCUT2D eigenvalue weighted by molar-refractivity contribution is 9.10. The summed E-state index contributed by atoms with van der Waals surface area (Å²) < 4.78 is 21.0. The van der Waals surface area contributed by atoms with Crippen LogP contribution in [0.2, 0.25) is 0 Å². The third-order valence-electron chi connectivity index (χ3n) is 2.51. The van der Waals surface area contributed by atoms with Crippen LogP contribution in [0.1, 0.15) is 39.3 Å². The van der Waals surface area contributed by atoms with Crippen LogP contribution in [0, 0.1) is 0 Å². The predicted octanol–water partition coefficient (Wildman–Crippen LogP) is 3.57. The Morgan fingerprint density at radius 2 is 2.00 bits per heavy atom. The Bertz CT molecular complexity index is 443. The Morgan fingerprint density at radius 3 is 2.44 bits per heavy atom. The maximum atomic E-state index is 12.0. The summed E-state index contributed by atoms with van der Waals surface area (Å²) in [5.41, 5.74) is 1.06. The van der Waals surface area contributed by atoms with E-state index in [0.29, 0.717) is 0 Å². The van der Waals surface area contributed by atoms with Crippen LogP contribution in [0.5, 0.6) is 5.75 Å².